The van der Waals surface area contributed by atoms with Crippen LogP contribution in [0.2, 0.25) is 5.02 Å². The largest absolute Gasteiger partial charge is 0.341 e. The molecule has 0 bridgehead atoms. The number of halogens is 1. The number of benzene rings is 1. The van der Waals surface area contributed by atoms with Crippen LogP contribution in [0.25, 0.3) is 5.69 Å². The van der Waals surface area contributed by atoms with Crippen LogP contribution in [0.1, 0.15) is 23.0 Å². The first-order chi connectivity index (χ1) is 9.67. The number of nitrogens with one attached hydrogen (secondary N) is 1. The molecule has 0 unspecified atom stereocenters. The van der Waals surface area contributed by atoms with Crippen LogP contribution in [-0.4, -0.2) is 22.2 Å². The molecule has 0 spiro atoms. The van der Waals surface area contributed by atoms with E-state index in [0.717, 1.165) is 11.4 Å². The van der Waals surface area contributed by atoms with Gasteiger partial charge in [0.1, 0.15) is 0 Å². The van der Waals surface area contributed by atoms with E-state index in [2.05, 4.69) is 16.3 Å². The molecule has 0 aliphatic heterocycles. The van der Waals surface area contributed by atoms with Gasteiger partial charge in [0.2, 0.25) is 0 Å². The highest BCUT2D eigenvalue weighted by atomic mass is 35.5. The average molecular weight is 288 g/mol. The third kappa shape index (κ3) is 2.84. The second-order valence-corrected chi connectivity index (χ2v) is 4.57. The molecule has 2 rings (SSSR count). The zero-order valence-corrected chi connectivity index (χ0v) is 11.8. The summed E-state index contributed by atoms with van der Waals surface area (Å²) >= 11 is 5.99. The fourth-order valence-corrected chi connectivity index (χ4v) is 2.15. The Morgan fingerprint density at radius 1 is 1.55 bits per heavy atom. The van der Waals surface area contributed by atoms with Crippen LogP contribution in [0.4, 0.5) is 0 Å². The van der Waals surface area contributed by atoms with Crippen LogP contribution in [0, 0.1) is 12.3 Å². The number of rotatable bonds is 4. The number of amides is 1. The zero-order chi connectivity index (χ0) is 14.5. The first-order valence-corrected chi connectivity index (χ1v) is 6.59. The zero-order valence-electron chi connectivity index (χ0n) is 11.1. The first-order valence-electron chi connectivity index (χ1n) is 6.22. The number of carbonyl (C=O) groups excluding carboxylic acids is 1. The molecule has 1 heterocycles. The Morgan fingerprint density at radius 2 is 2.35 bits per heavy atom. The predicted octanol–water partition coefficient (Wildman–Crippen LogP) is 2.45. The molecule has 0 aliphatic rings. The molecule has 0 radical (unpaired) electrons. The maximum Gasteiger partial charge on any atom is 0.255 e. The summed E-state index contributed by atoms with van der Waals surface area (Å²) < 4.78 is 1.72. The van der Waals surface area contributed by atoms with Gasteiger partial charge in [-0.3, -0.25) is 4.79 Å². The number of terminal acetylenes is 1. The van der Waals surface area contributed by atoms with Crippen LogP contribution in [0.5, 0.6) is 0 Å². The molecule has 0 saturated heterocycles. The highest BCUT2D eigenvalue weighted by molar-refractivity contribution is 6.30. The maximum atomic E-state index is 12.0. The Hall–Kier alpha value is -2.25. The lowest BCUT2D eigenvalue weighted by Gasteiger charge is -2.08. The number of hydrogen-bond donors (Lipinski definition) is 1. The van der Waals surface area contributed by atoms with Crippen molar-refractivity contribution in [2.75, 3.05) is 6.54 Å². The molecule has 2 aromatic rings. The van der Waals surface area contributed by atoms with Crippen molar-refractivity contribution >= 4 is 17.5 Å². The van der Waals surface area contributed by atoms with Crippen molar-refractivity contribution in [2.24, 2.45) is 0 Å². The summed E-state index contributed by atoms with van der Waals surface area (Å²) in [5, 5.41) is 7.54. The van der Waals surface area contributed by atoms with Gasteiger partial charge in [0.15, 0.2) is 0 Å². The second kappa shape index (κ2) is 6.27. The molecular weight excluding hydrogens is 274 g/mol. The summed E-state index contributed by atoms with van der Waals surface area (Å²) in [6, 6.07) is 7.33. The molecule has 20 heavy (non-hydrogen) atoms. The summed E-state index contributed by atoms with van der Waals surface area (Å²) in [5.74, 6) is 2.16. The Morgan fingerprint density at radius 3 is 3.00 bits per heavy atom. The van der Waals surface area contributed by atoms with Crippen LogP contribution in [0.3, 0.4) is 0 Å². The van der Waals surface area contributed by atoms with Crippen LogP contribution in [0.15, 0.2) is 30.5 Å². The van der Waals surface area contributed by atoms with Gasteiger partial charge in [-0.15, -0.1) is 6.42 Å². The first kappa shape index (κ1) is 14.2. The van der Waals surface area contributed by atoms with Gasteiger partial charge >= 0.3 is 0 Å². The van der Waals surface area contributed by atoms with Gasteiger partial charge in [0.25, 0.3) is 5.91 Å². The van der Waals surface area contributed by atoms with Crippen molar-refractivity contribution in [1.29, 1.82) is 0 Å². The smallest absolute Gasteiger partial charge is 0.255 e. The molecule has 0 saturated carbocycles. The molecule has 0 atom stereocenters. The van der Waals surface area contributed by atoms with E-state index < -0.39 is 0 Å². The fraction of sp³-hybridized carbons (Fsp3) is 0.200. The minimum absolute atomic E-state index is 0.199. The minimum Gasteiger partial charge on any atom is -0.341 e. The lowest BCUT2D eigenvalue weighted by atomic mass is 10.2. The molecule has 0 aliphatic carbocycles. The Kier molecular flexibility index (Phi) is 4.44. The fourth-order valence-electron chi connectivity index (χ4n) is 1.96. The van der Waals surface area contributed by atoms with E-state index in [-0.39, 0.29) is 12.5 Å². The Labute approximate surface area is 122 Å². The average Bonchev–Trinajstić information content (AvgIpc) is 2.88. The summed E-state index contributed by atoms with van der Waals surface area (Å²) in [6.07, 6.45) is 7.36. The highest BCUT2D eigenvalue weighted by Gasteiger charge is 2.16. The van der Waals surface area contributed by atoms with E-state index in [1.165, 1.54) is 0 Å². The predicted molar refractivity (Wildman–Crippen MR) is 79.1 cm³/mol. The molecule has 102 valence electrons. The standard InChI is InChI=1S/C15H14ClN3O/c1-3-8-17-15(20)13-10-18-19(14(13)4-2)12-7-5-6-11(16)9-12/h1,5-7,9-10H,4,8H2,2H3,(H,17,20). The molecule has 1 amide bonds. The van der Waals surface area contributed by atoms with Crippen molar-refractivity contribution in [2.45, 2.75) is 13.3 Å². The normalized spacial score (nSPS) is 10.1. The van der Waals surface area contributed by atoms with Crippen LogP contribution >= 0.6 is 11.6 Å². The maximum absolute atomic E-state index is 12.0. The van der Waals surface area contributed by atoms with Crippen molar-refractivity contribution in [3.05, 3.63) is 46.7 Å². The quantitative estimate of drug-likeness (QED) is 0.878. The number of carbonyl (C=O) groups is 1. The van der Waals surface area contributed by atoms with E-state index in [4.69, 9.17) is 18.0 Å². The summed E-state index contributed by atoms with van der Waals surface area (Å²) in [5.41, 5.74) is 2.18. The Balaban J connectivity index is 2.40. The monoisotopic (exact) mass is 287 g/mol. The van der Waals surface area contributed by atoms with E-state index >= 15 is 0 Å². The SMILES string of the molecule is C#CCNC(=O)c1cnn(-c2cccc(Cl)c2)c1CC. The Bertz CT molecular complexity index is 670. The lowest BCUT2D eigenvalue weighted by molar-refractivity contribution is 0.0958. The molecule has 1 aromatic heterocycles. The van der Waals surface area contributed by atoms with Gasteiger partial charge in [-0.1, -0.05) is 30.5 Å². The second-order valence-electron chi connectivity index (χ2n) is 4.14. The third-order valence-electron chi connectivity index (χ3n) is 2.85. The number of hydrogen-bond acceptors (Lipinski definition) is 2. The molecule has 0 fully saturated rings. The topological polar surface area (TPSA) is 46.9 Å². The van der Waals surface area contributed by atoms with Crippen LogP contribution < -0.4 is 5.32 Å². The highest BCUT2D eigenvalue weighted by Crippen LogP contribution is 2.19. The van der Waals surface area contributed by atoms with Crippen molar-refractivity contribution in [1.82, 2.24) is 15.1 Å². The summed E-state index contributed by atoms with van der Waals surface area (Å²) in [7, 11) is 0. The van der Waals surface area contributed by atoms with E-state index in [1.807, 2.05) is 19.1 Å². The molecule has 1 aromatic carbocycles. The van der Waals surface area contributed by atoms with Gasteiger partial charge in [-0.25, -0.2) is 4.68 Å². The minimum atomic E-state index is -0.215. The van der Waals surface area contributed by atoms with Gasteiger partial charge in [-0.2, -0.15) is 5.10 Å². The van der Waals surface area contributed by atoms with Gasteiger partial charge in [0, 0.05) is 5.02 Å². The van der Waals surface area contributed by atoms with Crippen molar-refractivity contribution < 1.29 is 4.79 Å². The molecule has 1 N–H and O–H groups in total. The molecular formula is C15H14ClN3O. The lowest BCUT2D eigenvalue weighted by Crippen LogP contribution is -2.24. The summed E-state index contributed by atoms with van der Waals surface area (Å²) in [4.78, 5) is 12.0. The van der Waals surface area contributed by atoms with E-state index in [0.29, 0.717) is 17.0 Å². The third-order valence-corrected chi connectivity index (χ3v) is 3.09. The van der Waals surface area contributed by atoms with Crippen LogP contribution in [-0.2, 0) is 6.42 Å². The summed E-state index contributed by atoms with van der Waals surface area (Å²) in [6.45, 7) is 2.17. The van der Waals surface area contributed by atoms with Gasteiger partial charge < -0.3 is 5.32 Å². The molecule has 5 heteroatoms. The van der Waals surface area contributed by atoms with E-state index in [9.17, 15) is 4.79 Å². The van der Waals surface area contributed by atoms with Crippen molar-refractivity contribution in [3.8, 4) is 18.0 Å². The van der Waals surface area contributed by atoms with Crippen molar-refractivity contribution in [3.63, 3.8) is 0 Å². The van der Waals surface area contributed by atoms with Gasteiger partial charge in [0.05, 0.1) is 29.7 Å². The number of nitrogens with zero attached hydrogens (tertiary/aromatic N) is 2. The molecule has 4 nitrogen and oxygen atoms in total. The van der Waals surface area contributed by atoms with Gasteiger partial charge in [-0.05, 0) is 24.6 Å². The number of aromatic nitrogens is 2. The van der Waals surface area contributed by atoms with E-state index in [1.54, 1.807) is 23.0 Å².